The first-order valence-corrected chi connectivity index (χ1v) is 6.11. The highest BCUT2D eigenvalue weighted by Crippen LogP contribution is 2.32. The Hall–Kier alpha value is -1.46. The van der Waals surface area contributed by atoms with E-state index in [1.165, 1.54) is 0 Å². The minimum Gasteiger partial charge on any atom is -0.384 e. The first kappa shape index (κ1) is 15.6. The minimum absolute atomic E-state index is 0.0509. The molecule has 0 saturated heterocycles. The zero-order chi connectivity index (χ0) is 14.8. The lowest BCUT2D eigenvalue weighted by Gasteiger charge is -2.29. The molecule has 0 aliphatic carbocycles. The van der Waals surface area contributed by atoms with Gasteiger partial charge in [-0.05, 0) is 23.5 Å². The molecule has 0 aromatic carbocycles. The van der Waals surface area contributed by atoms with Gasteiger partial charge in [0.1, 0.15) is 11.6 Å². The summed E-state index contributed by atoms with van der Waals surface area (Å²) in [7, 11) is 0. The molecule has 0 bridgehead atoms. The van der Waals surface area contributed by atoms with Crippen molar-refractivity contribution in [1.29, 1.82) is 0 Å². The fourth-order valence-electron chi connectivity index (χ4n) is 1.33. The van der Waals surface area contributed by atoms with E-state index >= 15 is 0 Å². The largest absolute Gasteiger partial charge is 0.416 e. The number of nitrogens with one attached hydrogen (secondary N) is 1. The number of rotatable bonds is 4. The Morgan fingerprint density at radius 1 is 1.26 bits per heavy atom. The average molecular weight is 275 g/mol. The average Bonchev–Trinajstić information content (AvgIpc) is 2.24. The van der Waals surface area contributed by atoms with Gasteiger partial charge >= 0.3 is 6.18 Å². The predicted octanol–water partition coefficient (Wildman–Crippen LogP) is 3.78. The zero-order valence-electron chi connectivity index (χ0n) is 11.6. The zero-order valence-corrected chi connectivity index (χ0v) is 11.6. The first-order valence-electron chi connectivity index (χ1n) is 6.11. The monoisotopic (exact) mass is 275 g/mol. The van der Waals surface area contributed by atoms with Gasteiger partial charge in [0, 0.05) is 6.54 Å². The quantitative estimate of drug-likeness (QED) is 0.879. The van der Waals surface area contributed by atoms with E-state index in [1.807, 2.05) is 13.8 Å². The van der Waals surface area contributed by atoms with Gasteiger partial charge in [0.25, 0.3) is 0 Å². The predicted molar refractivity (Wildman–Crippen MR) is 70.8 cm³/mol. The van der Waals surface area contributed by atoms with Gasteiger partial charge in [-0.1, -0.05) is 27.7 Å². The number of aromatic nitrogens is 1. The molecule has 0 saturated carbocycles. The Labute approximate surface area is 111 Å². The molecule has 3 N–H and O–H groups in total. The van der Waals surface area contributed by atoms with Crippen LogP contribution in [0, 0.1) is 11.3 Å². The fraction of sp³-hybridized carbons (Fsp3) is 0.615. The SMILES string of the molecule is CC(C)C(C)(C)CNc1cc(C(F)(F)F)cc(N)n1. The Bertz CT molecular complexity index is 439. The summed E-state index contributed by atoms with van der Waals surface area (Å²) in [5.41, 5.74) is 4.57. The summed E-state index contributed by atoms with van der Waals surface area (Å²) in [6, 6.07) is 1.81. The van der Waals surface area contributed by atoms with Gasteiger partial charge in [-0.25, -0.2) is 4.98 Å². The van der Waals surface area contributed by atoms with Crippen LogP contribution in [0.25, 0.3) is 0 Å². The van der Waals surface area contributed by atoms with Crippen molar-refractivity contribution in [2.45, 2.75) is 33.9 Å². The van der Waals surface area contributed by atoms with Crippen molar-refractivity contribution in [2.75, 3.05) is 17.6 Å². The van der Waals surface area contributed by atoms with Crippen LogP contribution in [-0.2, 0) is 6.18 Å². The van der Waals surface area contributed by atoms with E-state index in [4.69, 9.17) is 5.73 Å². The third-order valence-corrected chi connectivity index (χ3v) is 3.46. The Kier molecular flexibility index (Phi) is 4.32. The summed E-state index contributed by atoms with van der Waals surface area (Å²) in [5, 5.41) is 2.93. The Morgan fingerprint density at radius 3 is 2.32 bits per heavy atom. The molecule has 6 heteroatoms. The van der Waals surface area contributed by atoms with Crippen LogP contribution in [0.3, 0.4) is 0 Å². The molecule has 108 valence electrons. The summed E-state index contributed by atoms with van der Waals surface area (Å²) >= 11 is 0. The van der Waals surface area contributed by atoms with Gasteiger partial charge in [0.2, 0.25) is 0 Å². The van der Waals surface area contributed by atoms with Gasteiger partial charge in [-0.15, -0.1) is 0 Å². The molecule has 1 aromatic rings. The number of nitrogens with zero attached hydrogens (tertiary/aromatic N) is 1. The molecule has 3 nitrogen and oxygen atoms in total. The Morgan fingerprint density at radius 2 is 1.84 bits per heavy atom. The molecule has 1 aromatic heterocycles. The van der Waals surface area contributed by atoms with Crippen LogP contribution in [-0.4, -0.2) is 11.5 Å². The van der Waals surface area contributed by atoms with Crippen molar-refractivity contribution in [1.82, 2.24) is 4.98 Å². The van der Waals surface area contributed by atoms with Crippen LogP contribution in [0.4, 0.5) is 24.8 Å². The number of alkyl halides is 3. The fourth-order valence-corrected chi connectivity index (χ4v) is 1.33. The maximum absolute atomic E-state index is 12.6. The normalized spacial score (nSPS) is 12.8. The third-order valence-electron chi connectivity index (χ3n) is 3.46. The number of halogens is 3. The van der Waals surface area contributed by atoms with Crippen molar-refractivity contribution in [2.24, 2.45) is 11.3 Å². The van der Waals surface area contributed by atoms with Crippen molar-refractivity contribution in [3.05, 3.63) is 17.7 Å². The molecule has 0 radical (unpaired) electrons. The third kappa shape index (κ3) is 4.29. The smallest absolute Gasteiger partial charge is 0.384 e. The van der Waals surface area contributed by atoms with E-state index in [9.17, 15) is 13.2 Å². The maximum atomic E-state index is 12.6. The van der Waals surface area contributed by atoms with Crippen molar-refractivity contribution >= 4 is 11.6 Å². The highest BCUT2D eigenvalue weighted by atomic mass is 19.4. The number of pyridine rings is 1. The van der Waals surface area contributed by atoms with Gasteiger partial charge < -0.3 is 11.1 Å². The molecule has 0 aliphatic rings. The van der Waals surface area contributed by atoms with Crippen molar-refractivity contribution in [3.8, 4) is 0 Å². The summed E-state index contributed by atoms with van der Waals surface area (Å²) in [6.07, 6.45) is -4.42. The summed E-state index contributed by atoms with van der Waals surface area (Å²) < 4.78 is 37.9. The van der Waals surface area contributed by atoms with Crippen LogP contribution in [0.15, 0.2) is 12.1 Å². The van der Waals surface area contributed by atoms with E-state index in [0.717, 1.165) is 12.1 Å². The van der Waals surface area contributed by atoms with Crippen LogP contribution >= 0.6 is 0 Å². The van der Waals surface area contributed by atoms with Crippen LogP contribution in [0.2, 0.25) is 0 Å². The summed E-state index contributed by atoms with van der Waals surface area (Å²) in [6.45, 7) is 8.74. The molecular weight excluding hydrogens is 255 g/mol. The summed E-state index contributed by atoms with van der Waals surface area (Å²) in [4.78, 5) is 3.88. The molecule has 0 fully saturated rings. The maximum Gasteiger partial charge on any atom is 0.416 e. The standard InChI is InChI=1S/C13H20F3N3/c1-8(2)12(3,4)7-18-11-6-9(13(14,15)16)5-10(17)19-11/h5-6,8H,7H2,1-4H3,(H3,17,18,19). The second kappa shape index (κ2) is 5.27. The van der Waals surface area contributed by atoms with E-state index < -0.39 is 11.7 Å². The van der Waals surface area contributed by atoms with E-state index in [1.54, 1.807) is 0 Å². The number of hydrogen-bond donors (Lipinski definition) is 2. The van der Waals surface area contributed by atoms with Crippen molar-refractivity contribution < 1.29 is 13.2 Å². The lowest BCUT2D eigenvalue weighted by molar-refractivity contribution is -0.137. The molecule has 1 heterocycles. The highest BCUT2D eigenvalue weighted by molar-refractivity contribution is 5.47. The number of hydrogen-bond acceptors (Lipinski definition) is 3. The Balaban J connectivity index is 2.88. The van der Waals surface area contributed by atoms with Crippen LogP contribution in [0.1, 0.15) is 33.3 Å². The molecular formula is C13H20F3N3. The molecule has 0 atom stereocenters. The molecule has 0 unspecified atom stereocenters. The first-order chi connectivity index (χ1) is 8.52. The molecule has 0 spiro atoms. The number of nitrogens with two attached hydrogens (primary N) is 1. The lowest BCUT2D eigenvalue weighted by atomic mass is 9.81. The van der Waals surface area contributed by atoms with Crippen LogP contribution in [0.5, 0.6) is 0 Å². The van der Waals surface area contributed by atoms with Crippen molar-refractivity contribution in [3.63, 3.8) is 0 Å². The van der Waals surface area contributed by atoms with Gasteiger partial charge in [0.15, 0.2) is 0 Å². The van der Waals surface area contributed by atoms with Crippen LogP contribution < -0.4 is 11.1 Å². The number of nitrogen functional groups attached to an aromatic ring is 1. The second-order valence-corrected chi connectivity index (χ2v) is 5.66. The topological polar surface area (TPSA) is 50.9 Å². The van der Waals surface area contributed by atoms with Gasteiger partial charge in [-0.2, -0.15) is 13.2 Å². The van der Waals surface area contributed by atoms with E-state index in [0.29, 0.717) is 12.5 Å². The minimum atomic E-state index is -4.42. The number of anilines is 2. The molecule has 0 aliphatic heterocycles. The highest BCUT2D eigenvalue weighted by Gasteiger charge is 2.31. The van der Waals surface area contributed by atoms with E-state index in [-0.39, 0.29) is 17.1 Å². The van der Waals surface area contributed by atoms with Gasteiger partial charge in [-0.3, -0.25) is 0 Å². The molecule has 0 amide bonds. The van der Waals surface area contributed by atoms with Gasteiger partial charge in [0.05, 0.1) is 5.56 Å². The molecule has 19 heavy (non-hydrogen) atoms. The van der Waals surface area contributed by atoms with E-state index in [2.05, 4.69) is 24.1 Å². The molecule has 1 rings (SSSR count). The lowest BCUT2D eigenvalue weighted by Crippen LogP contribution is -2.29. The second-order valence-electron chi connectivity index (χ2n) is 5.66. The summed E-state index contributed by atoms with van der Waals surface area (Å²) in [5.74, 6) is 0.406.